The second kappa shape index (κ2) is 5.97. The molecule has 0 radical (unpaired) electrons. The van der Waals surface area contributed by atoms with E-state index in [2.05, 4.69) is 25.7 Å². The second-order valence-corrected chi connectivity index (χ2v) is 4.74. The van der Waals surface area contributed by atoms with Crippen molar-refractivity contribution in [1.82, 2.24) is 20.4 Å². The van der Waals surface area contributed by atoms with Gasteiger partial charge in [0, 0.05) is 13.1 Å². The number of anilines is 1. The Morgan fingerprint density at radius 3 is 2.94 bits per heavy atom. The molecule has 3 N–H and O–H groups in total. The Morgan fingerprint density at radius 1 is 1.39 bits per heavy atom. The van der Waals surface area contributed by atoms with Gasteiger partial charge in [0.05, 0.1) is 23.6 Å². The van der Waals surface area contributed by atoms with Crippen LogP contribution in [0.25, 0.3) is 0 Å². The van der Waals surface area contributed by atoms with Crippen LogP contribution < -0.4 is 10.6 Å². The normalized spacial score (nSPS) is 17.4. The van der Waals surface area contributed by atoms with Crippen molar-refractivity contribution < 1.29 is 4.79 Å². The van der Waals surface area contributed by atoms with Gasteiger partial charge in [-0.05, 0) is 33.4 Å². The van der Waals surface area contributed by atoms with Crippen molar-refractivity contribution in [3.63, 3.8) is 0 Å². The lowest BCUT2D eigenvalue weighted by molar-refractivity contribution is -0.117. The van der Waals surface area contributed by atoms with E-state index in [0.717, 1.165) is 49.7 Å². The number of rotatable bonds is 3. The van der Waals surface area contributed by atoms with Crippen molar-refractivity contribution in [2.45, 2.75) is 20.3 Å². The van der Waals surface area contributed by atoms with Gasteiger partial charge in [0.2, 0.25) is 5.91 Å². The number of hydrogen-bond donors (Lipinski definition) is 3. The Morgan fingerprint density at radius 2 is 2.22 bits per heavy atom. The lowest BCUT2D eigenvalue weighted by atomic mass is 10.3. The Labute approximate surface area is 107 Å². The summed E-state index contributed by atoms with van der Waals surface area (Å²) < 4.78 is 0. The number of nitrogens with one attached hydrogen (secondary N) is 3. The molecule has 0 unspecified atom stereocenters. The first-order valence-electron chi connectivity index (χ1n) is 6.41. The molecule has 1 saturated heterocycles. The number of aromatic amines is 1. The molecule has 0 spiro atoms. The standard InChI is InChI=1S/C12H21N5O/c1-9-12(10(2)16-15-9)14-11(18)8-17-6-3-4-13-5-7-17/h13H,3-8H2,1-2H3,(H,14,18)(H,15,16). The maximum atomic E-state index is 12.0. The monoisotopic (exact) mass is 251 g/mol. The van der Waals surface area contributed by atoms with Gasteiger partial charge in [-0.2, -0.15) is 5.10 Å². The molecule has 1 aromatic rings. The number of nitrogens with zero attached hydrogens (tertiary/aromatic N) is 2. The van der Waals surface area contributed by atoms with Crippen LogP contribution in [0, 0.1) is 13.8 Å². The summed E-state index contributed by atoms with van der Waals surface area (Å²) in [6.45, 7) is 8.14. The summed E-state index contributed by atoms with van der Waals surface area (Å²) >= 11 is 0. The van der Waals surface area contributed by atoms with Crippen LogP contribution >= 0.6 is 0 Å². The van der Waals surface area contributed by atoms with E-state index in [0.29, 0.717) is 6.54 Å². The van der Waals surface area contributed by atoms with Crippen LogP contribution in [0.1, 0.15) is 17.8 Å². The topological polar surface area (TPSA) is 73.0 Å². The molecule has 6 heteroatoms. The van der Waals surface area contributed by atoms with E-state index < -0.39 is 0 Å². The SMILES string of the molecule is Cc1n[nH]c(C)c1NC(=O)CN1CCCNCC1. The third kappa shape index (κ3) is 3.30. The molecular weight excluding hydrogens is 230 g/mol. The quantitative estimate of drug-likeness (QED) is 0.720. The van der Waals surface area contributed by atoms with E-state index in [1.165, 1.54) is 0 Å². The average molecular weight is 251 g/mol. The number of aryl methyl sites for hydroxylation is 2. The minimum Gasteiger partial charge on any atom is -0.322 e. The summed E-state index contributed by atoms with van der Waals surface area (Å²) in [5.74, 6) is 0.0319. The molecule has 18 heavy (non-hydrogen) atoms. The third-order valence-corrected chi connectivity index (χ3v) is 3.19. The van der Waals surface area contributed by atoms with Crippen LogP contribution in [0.15, 0.2) is 0 Å². The Bertz CT molecular complexity index is 387. The number of carbonyl (C=O) groups excluding carboxylic acids is 1. The molecule has 1 amide bonds. The zero-order valence-electron chi connectivity index (χ0n) is 11.0. The smallest absolute Gasteiger partial charge is 0.238 e. The van der Waals surface area contributed by atoms with Crippen molar-refractivity contribution in [3.05, 3.63) is 11.4 Å². The molecule has 0 atom stereocenters. The molecule has 0 aromatic carbocycles. The van der Waals surface area contributed by atoms with Crippen molar-refractivity contribution in [1.29, 1.82) is 0 Å². The summed E-state index contributed by atoms with van der Waals surface area (Å²) in [7, 11) is 0. The molecule has 1 fully saturated rings. The van der Waals surface area contributed by atoms with E-state index in [4.69, 9.17) is 0 Å². The first kappa shape index (κ1) is 13.0. The Kier molecular flexibility index (Phi) is 4.33. The largest absolute Gasteiger partial charge is 0.322 e. The molecule has 0 bridgehead atoms. The first-order chi connectivity index (χ1) is 8.66. The highest BCUT2D eigenvalue weighted by Gasteiger charge is 2.15. The second-order valence-electron chi connectivity index (χ2n) is 4.74. The fraction of sp³-hybridized carbons (Fsp3) is 0.667. The minimum absolute atomic E-state index is 0.0319. The van der Waals surface area contributed by atoms with Gasteiger partial charge in [-0.15, -0.1) is 0 Å². The summed E-state index contributed by atoms with van der Waals surface area (Å²) in [5.41, 5.74) is 2.55. The van der Waals surface area contributed by atoms with Crippen LogP contribution in [-0.2, 0) is 4.79 Å². The Balaban J connectivity index is 1.88. The maximum Gasteiger partial charge on any atom is 0.238 e. The van der Waals surface area contributed by atoms with E-state index in [-0.39, 0.29) is 5.91 Å². The molecule has 0 saturated carbocycles. The van der Waals surface area contributed by atoms with Crippen LogP contribution in [0.5, 0.6) is 0 Å². The molecule has 1 aliphatic rings. The van der Waals surface area contributed by atoms with Crippen molar-refractivity contribution >= 4 is 11.6 Å². The molecule has 2 rings (SSSR count). The highest BCUT2D eigenvalue weighted by Crippen LogP contribution is 2.15. The minimum atomic E-state index is 0.0319. The number of carbonyl (C=O) groups is 1. The van der Waals surface area contributed by atoms with E-state index in [1.54, 1.807) is 0 Å². The van der Waals surface area contributed by atoms with E-state index in [9.17, 15) is 4.79 Å². The van der Waals surface area contributed by atoms with Crippen LogP contribution in [0.4, 0.5) is 5.69 Å². The number of amides is 1. The van der Waals surface area contributed by atoms with Gasteiger partial charge in [-0.3, -0.25) is 14.8 Å². The predicted molar refractivity (Wildman–Crippen MR) is 70.6 cm³/mol. The van der Waals surface area contributed by atoms with Gasteiger partial charge in [-0.25, -0.2) is 0 Å². The summed E-state index contributed by atoms with van der Waals surface area (Å²) in [4.78, 5) is 14.2. The lowest BCUT2D eigenvalue weighted by Gasteiger charge is -2.18. The highest BCUT2D eigenvalue weighted by molar-refractivity contribution is 5.93. The fourth-order valence-electron chi connectivity index (χ4n) is 2.18. The molecule has 1 aromatic heterocycles. The van der Waals surface area contributed by atoms with Gasteiger partial charge in [0.15, 0.2) is 0 Å². The van der Waals surface area contributed by atoms with Crippen molar-refractivity contribution in [2.75, 3.05) is 38.0 Å². The van der Waals surface area contributed by atoms with Gasteiger partial charge in [0.25, 0.3) is 0 Å². The van der Waals surface area contributed by atoms with Gasteiger partial charge in [-0.1, -0.05) is 0 Å². The molecule has 6 nitrogen and oxygen atoms in total. The fourth-order valence-corrected chi connectivity index (χ4v) is 2.18. The molecular formula is C12H21N5O. The predicted octanol–water partition coefficient (Wildman–Crippen LogP) is 0.260. The lowest BCUT2D eigenvalue weighted by Crippen LogP contribution is -2.35. The number of H-pyrrole nitrogens is 1. The van der Waals surface area contributed by atoms with Crippen LogP contribution in [-0.4, -0.2) is 53.7 Å². The van der Waals surface area contributed by atoms with Gasteiger partial charge in [0.1, 0.15) is 0 Å². The Hall–Kier alpha value is -1.40. The van der Waals surface area contributed by atoms with Crippen LogP contribution in [0.3, 0.4) is 0 Å². The maximum absolute atomic E-state index is 12.0. The van der Waals surface area contributed by atoms with Crippen molar-refractivity contribution in [3.8, 4) is 0 Å². The third-order valence-electron chi connectivity index (χ3n) is 3.19. The summed E-state index contributed by atoms with van der Waals surface area (Å²) in [6.07, 6.45) is 1.09. The zero-order chi connectivity index (χ0) is 13.0. The van der Waals surface area contributed by atoms with Gasteiger partial charge >= 0.3 is 0 Å². The highest BCUT2D eigenvalue weighted by atomic mass is 16.2. The summed E-state index contributed by atoms with van der Waals surface area (Å²) in [5, 5.41) is 13.2. The molecule has 0 aliphatic carbocycles. The number of aromatic nitrogens is 2. The molecule has 100 valence electrons. The molecule has 1 aliphatic heterocycles. The number of hydrogen-bond acceptors (Lipinski definition) is 4. The first-order valence-corrected chi connectivity index (χ1v) is 6.41. The zero-order valence-corrected chi connectivity index (χ0v) is 11.0. The van der Waals surface area contributed by atoms with Crippen LogP contribution in [0.2, 0.25) is 0 Å². The summed E-state index contributed by atoms with van der Waals surface area (Å²) in [6, 6.07) is 0. The van der Waals surface area contributed by atoms with E-state index >= 15 is 0 Å². The molecule has 2 heterocycles. The van der Waals surface area contributed by atoms with E-state index in [1.807, 2.05) is 13.8 Å². The average Bonchev–Trinajstić information content (AvgIpc) is 2.59. The van der Waals surface area contributed by atoms with Gasteiger partial charge < -0.3 is 10.6 Å². The van der Waals surface area contributed by atoms with Crippen molar-refractivity contribution in [2.24, 2.45) is 0 Å².